The lowest BCUT2D eigenvalue weighted by Gasteiger charge is -2.13. The minimum atomic E-state index is -3.40. The highest BCUT2D eigenvalue weighted by Crippen LogP contribution is 2.17. The smallest absolute Gasteiger partial charge is 0.253 e. The van der Waals surface area contributed by atoms with Crippen molar-refractivity contribution in [1.29, 1.82) is 0 Å². The summed E-state index contributed by atoms with van der Waals surface area (Å²) in [5.74, 6) is 0.326. The highest BCUT2D eigenvalue weighted by atomic mass is 35.5. The summed E-state index contributed by atoms with van der Waals surface area (Å²) in [6, 6.07) is 6.65. The topological polar surface area (TPSA) is 87.3 Å². The zero-order valence-electron chi connectivity index (χ0n) is 13.2. The van der Waals surface area contributed by atoms with Crippen molar-refractivity contribution in [3.63, 3.8) is 0 Å². The summed E-state index contributed by atoms with van der Waals surface area (Å²) in [7, 11) is -3.40. The molecule has 130 valence electrons. The van der Waals surface area contributed by atoms with E-state index in [2.05, 4.69) is 15.4 Å². The second-order valence-electron chi connectivity index (χ2n) is 5.45. The molecule has 1 saturated heterocycles. The number of benzene rings is 1. The lowest BCUT2D eigenvalue weighted by atomic mass is 10.1. The molecular formula is C15H24ClN3O3S. The van der Waals surface area contributed by atoms with Gasteiger partial charge in [-0.05, 0) is 50.9 Å². The van der Waals surface area contributed by atoms with Crippen molar-refractivity contribution in [2.45, 2.75) is 19.8 Å². The Morgan fingerprint density at radius 3 is 2.74 bits per heavy atom. The predicted molar refractivity (Wildman–Crippen MR) is 94.7 cm³/mol. The van der Waals surface area contributed by atoms with Gasteiger partial charge in [0, 0.05) is 6.54 Å². The summed E-state index contributed by atoms with van der Waals surface area (Å²) < 4.78 is 25.8. The molecule has 1 aromatic rings. The van der Waals surface area contributed by atoms with Crippen LogP contribution >= 0.6 is 12.4 Å². The van der Waals surface area contributed by atoms with Crippen molar-refractivity contribution in [3.8, 4) is 0 Å². The molecule has 23 heavy (non-hydrogen) atoms. The molecule has 3 N–H and O–H groups in total. The van der Waals surface area contributed by atoms with Gasteiger partial charge in [-0.2, -0.15) is 0 Å². The van der Waals surface area contributed by atoms with E-state index in [0.29, 0.717) is 23.7 Å². The molecule has 1 amide bonds. The summed E-state index contributed by atoms with van der Waals surface area (Å²) in [6.07, 6.45) is 2.07. The fourth-order valence-corrected chi connectivity index (χ4v) is 3.11. The first kappa shape index (κ1) is 19.7. The summed E-state index contributed by atoms with van der Waals surface area (Å²) in [4.78, 5) is 12.3. The number of hydrogen-bond donors (Lipinski definition) is 3. The monoisotopic (exact) mass is 361 g/mol. The molecule has 0 saturated carbocycles. The van der Waals surface area contributed by atoms with Gasteiger partial charge in [0.1, 0.15) is 0 Å². The molecule has 2 rings (SSSR count). The van der Waals surface area contributed by atoms with Gasteiger partial charge in [0.15, 0.2) is 0 Å². The van der Waals surface area contributed by atoms with Crippen molar-refractivity contribution in [2.24, 2.45) is 5.92 Å². The van der Waals surface area contributed by atoms with Gasteiger partial charge in [0.25, 0.3) is 5.91 Å². The van der Waals surface area contributed by atoms with E-state index in [1.54, 1.807) is 31.2 Å². The molecule has 1 aliphatic rings. The molecule has 1 atom stereocenters. The van der Waals surface area contributed by atoms with Crippen LogP contribution in [0.1, 0.15) is 30.1 Å². The number of halogens is 1. The highest BCUT2D eigenvalue weighted by Gasteiger charge is 2.17. The third-order valence-electron chi connectivity index (χ3n) is 3.82. The van der Waals surface area contributed by atoms with Gasteiger partial charge in [-0.15, -0.1) is 12.4 Å². The molecule has 8 heteroatoms. The minimum absolute atomic E-state index is 0. The Balaban J connectivity index is 0.00000264. The highest BCUT2D eigenvalue weighted by molar-refractivity contribution is 7.92. The van der Waals surface area contributed by atoms with E-state index in [1.165, 1.54) is 0 Å². The van der Waals surface area contributed by atoms with Crippen LogP contribution in [0.4, 0.5) is 5.69 Å². The van der Waals surface area contributed by atoms with Crippen molar-refractivity contribution >= 4 is 34.0 Å². The predicted octanol–water partition coefficient (Wildman–Crippen LogP) is 1.60. The van der Waals surface area contributed by atoms with E-state index in [-0.39, 0.29) is 24.1 Å². The molecule has 1 fully saturated rings. The number of para-hydroxylation sites is 1. The number of amides is 1. The van der Waals surface area contributed by atoms with E-state index >= 15 is 0 Å². The molecule has 0 aromatic heterocycles. The van der Waals surface area contributed by atoms with Gasteiger partial charge in [-0.3, -0.25) is 9.52 Å². The number of hydrogen-bond acceptors (Lipinski definition) is 4. The third-order valence-corrected chi connectivity index (χ3v) is 5.11. The summed E-state index contributed by atoms with van der Waals surface area (Å²) in [5, 5.41) is 6.16. The average molecular weight is 362 g/mol. The Labute approximate surface area is 143 Å². The molecule has 1 aromatic carbocycles. The van der Waals surface area contributed by atoms with E-state index in [4.69, 9.17) is 0 Å². The first-order valence-corrected chi connectivity index (χ1v) is 9.25. The molecule has 0 spiro atoms. The number of anilines is 1. The quantitative estimate of drug-likeness (QED) is 0.688. The molecule has 1 heterocycles. The zero-order valence-corrected chi connectivity index (χ0v) is 14.8. The van der Waals surface area contributed by atoms with Crippen LogP contribution in [-0.4, -0.2) is 39.7 Å². The van der Waals surface area contributed by atoms with Gasteiger partial charge in [0.2, 0.25) is 10.0 Å². The van der Waals surface area contributed by atoms with E-state index in [9.17, 15) is 13.2 Å². The van der Waals surface area contributed by atoms with Gasteiger partial charge in [-0.1, -0.05) is 12.1 Å². The Morgan fingerprint density at radius 1 is 1.35 bits per heavy atom. The van der Waals surface area contributed by atoms with Crippen molar-refractivity contribution in [3.05, 3.63) is 29.8 Å². The SMILES string of the molecule is CCS(=O)(=O)Nc1ccccc1C(=O)NCCC1CCNC1.Cl. The van der Waals surface area contributed by atoms with Crippen LogP contribution in [-0.2, 0) is 10.0 Å². The molecule has 0 radical (unpaired) electrons. The Hall–Kier alpha value is -1.31. The zero-order chi connectivity index (χ0) is 16.0. The number of rotatable bonds is 7. The maximum Gasteiger partial charge on any atom is 0.253 e. The largest absolute Gasteiger partial charge is 0.352 e. The molecule has 6 nitrogen and oxygen atoms in total. The van der Waals surface area contributed by atoms with Gasteiger partial charge in [0.05, 0.1) is 17.0 Å². The second kappa shape index (κ2) is 9.10. The summed E-state index contributed by atoms with van der Waals surface area (Å²) >= 11 is 0. The number of carbonyl (C=O) groups is 1. The lowest BCUT2D eigenvalue weighted by molar-refractivity contribution is 0.0952. The first-order valence-electron chi connectivity index (χ1n) is 7.60. The van der Waals surface area contributed by atoms with Crippen molar-refractivity contribution in [1.82, 2.24) is 10.6 Å². The van der Waals surface area contributed by atoms with Gasteiger partial charge < -0.3 is 10.6 Å². The minimum Gasteiger partial charge on any atom is -0.352 e. The first-order chi connectivity index (χ1) is 10.5. The molecule has 0 bridgehead atoms. The molecule has 1 aliphatic heterocycles. The standard InChI is InChI=1S/C15H23N3O3S.ClH/c1-2-22(20,21)18-14-6-4-3-5-13(14)15(19)17-10-8-12-7-9-16-11-12;/h3-6,12,16,18H,2,7-11H2,1H3,(H,17,19);1H. The lowest BCUT2D eigenvalue weighted by Crippen LogP contribution is -2.28. The Bertz CT molecular complexity index is 616. The van der Waals surface area contributed by atoms with Crippen LogP contribution in [0.2, 0.25) is 0 Å². The summed E-state index contributed by atoms with van der Waals surface area (Å²) in [5.41, 5.74) is 0.674. The number of sulfonamides is 1. The van der Waals surface area contributed by atoms with Crippen LogP contribution in [0.5, 0.6) is 0 Å². The number of nitrogens with one attached hydrogen (secondary N) is 3. The van der Waals surface area contributed by atoms with E-state index in [1.807, 2.05) is 0 Å². The van der Waals surface area contributed by atoms with Crippen LogP contribution < -0.4 is 15.4 Å². The maximum atomic E-state index is 12.3. The number of carbonyl (C=O) groups excluding carboxylic acids is 1. The Morgan fingerprint density at radius 2 is 2.09 bits per heavy atom. The molecular weight excluding hydrogens is 338 g/mol. The van der Waals surface area contributed by atoms with Gasteiger partial charge in [-0.25, -0.2) is 8.42 Å². The molecule has 1 unspecified atom stereocenters. The van der Waals surface area contributed by atoms with Crippen molar-refractivity contribution < 1.29 is 13.2 Å². The van der Waals surface area contributed by atoms with Gasteiger partial charge >= 0.3 is 0 Å². The third kappa shape index (κ3) is 6.01. The Kier molecular flexibility index (Phi) is 7.81. The normalized spacial score (nSPS) is 17.3. The average Bonchev–Trinajstić information content (AvgIpc) is 3.00. The van der Waals surface area contributed by atoms with Crippen LogP contribution in [0.25, 0.3) is 0 Å². The molecule has 0 aliphatic carbocycles. The van der Waals surface area contributed by atoms with Crippen LogP contribution in [0.3, 0.4) is 0 Å². The van der Waals surface area contributed by atoms with E-state index < -0.39 is 10.0 Å². The van der Waals surface area contributed by atoms with Crippen LogP contribution in [0, 0.1) is 5.92 Å². The van der Waals surface area contributed by atoms with Crippen LogP contribution in [0.15, 0.2) is 24.3 Å². The van der Waals surface area contributed by atoms with E-state index in [0.717, 1.165) is 25.9 Å². The maximum absolute atomic E-state index is 12.3. The summed E-state index contributed by atoms with van der Waals surface area (Å²) in [6.45, 7) is 4.20. The second-order valence-corrected chi connectivity index (χ2v) is 7.47. The van der Waals surface area contributed by atoms with Crippen molar-refractivity contribution in [2.75, 3.05) is 30.1 Å². The fourth-order valence-electron chi connectivity index (χ4n) is 2.46. The fraction of sp³-hybridized carbons (Fsp3) is 0.533.